The maximum atomic E-state index is 12.0. The van der Waals surface area contributed by atoms with Gasteiger partial charge < -0.3 is 15.5 Å². The number of carbonyl (C=O) groups is 1. The average Bonchev–Trinajstić information content (AvgIpc) is 2.47. The average molecular weight is 263 g/mol. The zero-order valence-corrected chi connectivity index (χ0v) is 11.6. The maximum Gasteiger partial charge on any atom is 0.241 e. The van der Waals surface area contributed by atoms with Crippen molar-refractivity contribution in [2.75, 3.05) is 37.3 Å². The number of piperidine rings is 1. The van der Waals surface area contributed by atoms with Crippen molar-refractivity contribution in [3.05, 3.63) is 11.8 Å². The lowest BCUT2D eigenvalue weighted by Gasteiger charge is -2.26. The molecule has 19 heavy (non-hydrogen) atoms. The molecular weight excluding hydrogens is 242 g/mol. The summed E-state index contributed by atoms with van der Waals surface area (Å²) in [6.07, 6.45) is 5.20. The molecule has 2 heterocycles. The molecule has 1 saturated heterocycles. The van der Waals surface area contributed by atoms with Crippen LogP contribution in [0.3, 0.4) is 0 Å². The molecule has 0 bridgehead atoms. The summed E-state index contributed by atoms with van der Waals surface area (Å²) in [4.78, 5) is 22.4. The van der Waals surface area contributed by atoms with Crippen molar-refractivity contribution in [1.29, 1.82) is 0 Å². The van der Waals surface area contributed by atoms with Gasteiger partial charge in [0.2, 0.25) is 11.9 Å². The van der Waals surface area contributed by atoms with Crippen LogP contribution < -0.4 is 10.6 Å². The van der Waals surface area contributed by atoms with Gasteiger partial charge in [-0.3, -0.25) is 4.79 Å². The van der Waals surface area contributed by atoms with E-state index in [0.717, 1.165) is 31.5 Å². The van der Waals surface area contributed by atoms with Gasteiger partial charge in [-0.15, -0.1) is 0 Å². The van der Waals surface area contributed by atoms with E-state index in [1.165, 1.54) is 6.42 Å². The van der Waals surface area contributed by atoms with E-state index in [9.17, 15) is 4.79 Å². The molecule has 0 aromatic carbocycles. The molecule has 2 N–H and O–H groups in total. The van der Waals surface area contributed by atoms with Crippen LogP contribution in [0.25, 0.3) is 0 Å². The zero-order chi connectivity index (χ0) is 13.7. The molecule has 1 aromatic heterocycles. The van der Waals surface area contributed by atoms with Gasteiger partial charge >= 0.3 is 0 Å². The van der Waals surface area contributed by atoms with Crippen LogP contribution in [-0.4, -0.2) is 47.5 Å². The van der Waals surface area contributed by atoms with Crippen LogP contribution in [0.2, 0.25) is 0 Å². The third kappa shape index (κ3) is 3.56. The van der Waals surface area contributed by atoms with Crippen molar-refractivity contribution >= 4 is 17.7 Å². The summed E-state index contributed by atoms with van der Waals surface area (Å²) in [5, 5.41) is 5.99. The topological polar surface area (TPSA) is 70.2 Å². The molecule has 0 saturated carbocycles. The van der Waals surface area contributed by atoms with E-state index < -0.39 is 0 Å². The highest BCUT2D eigenvalue weighted by Gasteiger charge is 2.16. The minimum atomic E-state index is 0.142. The monoisotopic (exact) mass is 263 g/mol. The quantitative estimate of drug-likeness (QED) is 0.855. The summed E-state index contributed by atoms with van der Waals surface area (Å²) in [7, 11) is 1.77. The molecule has 1 aliphatic rings. The van der Waals surface area contributed by atoms with Gasteiger partial charge in [-0.2, -0.15) is 4.98 Å². The van der Waals surface area contributed by atoms with E-state index in [1.807, 2.05) is 11.8 Å². The Bertz CT molecular complexity index is 443. The molecule has 0 atom stereocenters. The Hall–Kier alpha value is -1.85. The first kappa shape index (κ1) is 13.6. The van der Waals surface area contributed by atoms with E-state index >= 15 is 0 Å². The van der Waals surface area contributed by atoms with Gasteiger partial charge in [0.1, 0.15) is 5.82 Å². The van der Waals surface area contributed by atoms with Gasteiger partial charge in [0.25, 0.3) is 0 Å². The highest BCUT2D eigenvalue weighted by atomic mass is 16.2. The van der Waals surface area contributed by atoms with Crippen LogP contribution in [0.1, 0.15) is 24.8 Å². The van der Waals surface area contributed by atoms with Crippen molar-refractivity contribution < 1.29 is 4.79 Å². The first-order valence-corrected chi connectivity index (χ1v) is 6.73. The van der Waals surface area contributed by atoms with Crippen LogP contribution in [-0.2, 0) is 4.79 Å². The molecule has 1 fully saturated rings. The first-order valence-electron chi connectivity index (χ1n) is 6.73. The number of anilines is 2. The second-order valence-corrected chi connectivity index (χ2v) is 4.77. The van der Waals surface area contributed by atoms with Crippen LogP contribution >= 0.6 is 0 Å². The predicted molar refractivity (Wildman–Crippen MR) is 75.2 cm³/mol. The van der Waals surface area contributed by atoms with Gasteiger partial charge in [-0.1, -0.05) is 0 Å². The van der Waals surface area contributed by atoms with Gasteiger partial charge in [-0.05, 0) is 26.2 Å². The number of carbonyl (C=O) groups excluding carboxylic acids is 1. The Kier molecular flexibility index (Phi) is 4.54. The lowest BCUT2D eigenvalue weighted by molar-refractivity contribution is -0.130. The van der Waals surface area contributed by atoms with Gasteiger partial charge in [0.05, 0.1) is 6.54 Å². The molecule has 104 valence electrons. The minimum absolute atomic E-state index is 0.142. The number of aryl methyl sites for hydroxylation is 1. The number of aromatic nitrogens is 2. The molecule has 0 spiro atoms. The lowest BCUT2D eigenvalue weighted by atomic mass is 10.1. The molecule has 0 aliphatic carbocycles. The Morgan fingerprint density at radius 3 is 2.79 bits per heavy atom. The third-order valence-electron chi connectivity index (χ3n) is 3.31. The summed E-state index contributed by atoms with van der Waals surface area (Å²) in [6, 6.07) is 0. The van der Waals surface area contributed by atoms with Crippen LogP contribution in [0.15, 0.2) is 6.20 Å². The van der Waals surface area contributed by atoms with E-state index in [4.69, 9.17) is 0 Å². The lowest BCUT2D eigenvalue weighted by Crippen LogP contribution is -2.39. The maximum absolute atomic E-state index is 12.0. The Balaban J connectivity index is 1.92. The van der Waals surface area contributed by atoms with Crippen LogP contribution in [0.5, 0.6) is 0 Å². The fraction of sp³-hybridized carbons (Fsp3) is 0.615. The number of rotatable bonds is 4. The molecule has 6 nitrogen and oxygen atoms in total. The summed E-state index contributed by atoms with van der Waals surface area (Å²) in [6.45, 7) is 3.98. The largest absolute Gasteiger partial charge is 0.361 e. The molecule has 0 radical (unpaired) electrons. The number of hydrogen-bond acceptors (Lipinski definition) is 5. The second kappa shape index (κ2) is 6.36. The Morgan fingerprint density at radius 2 is 2.11 bits per heavy atom. The van der Waals surface area contributed by atoms with Crippen LogP contribution in [0.4, 0.5) is 11.8 Å². The number of amides is 1. The molecule has 0 unspecified atom stereocenters. The zero-order valence-electron chi connectivity index (χ0n) is 11.6. The van der Waals surface area contributed by atoms with Crippen molar-refractivity contribution in [1.82, 2.24) is 14.9 Å². The highest BCUT2D eigenvalue weighted by molar-refractivity contribution is 5.80. The van der Waals surface area contributed by atoms with Crippen LogP contribution in [0, 0.1) is 6.92 Å². The van der Waals surface area contributed by atoms with E-state index in [-0.39, 0.29) is 5.91 Å². The van der Waals surface area contributed by atoms with Crippen molar-refractivity contribution in [2.24, 2.45) is 0 Å². The predicted octanol–water partition coefficient (Wildman–Crippen LogP) is 1.25. The first-order chi connectivity index (χ1) is 9.20. The second-order valence-electron chi connectivity index (χ2n) is 4.77. The smallest absolute Gasteiger partial charge is 0.241 e. The molecule has 1 aliphatic heterocycles. The molecular formula is C13H21N5O. The van der Waals surface area contributed by atoms with Crippen molar-refractivity contribution in [3.63, 3.8) is 0 Å². The van der Waals surface area contributed by atoms with E-state index in [1.54, 1.807) is 13.2 Å². The van der Waals surface area contributed by atoms with Crippen molar-refractivity contribution in [3.8, 4) is 0 Å². The normalized spacial score (nSPS) is 15.2. The molecule has 2 rings (SSSR count). The number of hydrogen-bond donors (Lipinski definition) is 2. The number of nitrogens with zero attached hydrogens (tertiary/aromatic N) is 3. The van der Waals surface area contributed by atoms with Crippen molar-refractivity contribution in [2.45, 2.75) is 26.2 Å². The van der Waals surface area contributed by atoms with Gasteiger partial charge in [-0.25, -0.2) is 4.98 Å². The minimum Gasteiger partial charge on any atom is -0.361 e. The summed E-state index contributed by atoms with van der Waals surface area (Å²) in [5.74, 6) is 1.41. The Labute approximate surface area is 113 Å². The third-order valence-corrected chi connectivity index (χ3v) is 3.31. The van der Waals surface area contributed by atoms with Gasteiger partial charge in [0.15, 0.2) is 0 Å². The number of likely N-dealkylation sites (tertiary alicyclic amines) is 1. The summed E-state index contributed by atoms with van der Waals surface area (Å²) in [5.41, 5.74) is 0.936. The summed E-state index contributed by atoms with van der Waals surface area (Å²) >= 11 is 0. The van der Waals surface area contributed by atoms with Gasteiger partial charge in [0, 0.05) is 31.9 Å². The van der Waals surface area contributed by atoms with E-state index in [0.29, 0.717) is 18.3 Å². The molecule has 1 amide bonds. The molecule has 6 heteroatoms. The standard InChI is InChI=1S/C13H21N5O/c1-10-8-16-13(14-2)17-12(10)15-9-11(19)18-6-4-3-5-7-18/h8H,3-7,9H2,1-2H3,(H2,14,15,16,17). The summed E-state index contributed by atoms with van der Waals surface area (Å²) < 4.78 is 0. The molecule has 1 aromatic rings. The number of nitrogens with one attached hydrogen (secondary N) is 2. The highest BCUT2D eigenvalue weighted by Crippen LogP contribution is 2.13. The van der Waals surface area contributed by atoms with E-state index in [2.05, 4.69) is 20.6 Å². The Morgan fingerprint density at radius 1 is 1.37 bits per heavy atom. The SMILES string of the molecule is CNc1ncc(C)c(NCC(=O)N2CCCCC2)n1. The fourth-order valence-corrected chi connectivity index (χ4v) is 2.16. The fourth-order valence-electron chi connectivity index (χ4n) is 2.16.